The number of rotatable bonds is 5. The molecule has 0 radical (unpaired) electrons. The molecule has 0 bridgehead atoms. The molecule has 0 unspecified atom stereocenters. The fourth-order valence-electron chi connectivity index (χ4n) is 2.16. The molecular weight excluding hydrogens is 430 g/mol. The van der Waals surface area contributed by atoms with Gasteiger partial charge in [0.15, 0.2) is 19.7 Å². The number of anilines is 1. The van der Waals surface area contributed by atoms with E-state index in [1.54, 1.807) is 18.2 Å². The number of halogens is 1. The Hall–Kier alpha value is -1.71. The van der Waals surface area contributed by atoms with Gasteiger partial charge in [0, 0.05) is 22.5 Å². The second kappa shape index (κ2) is 7.27. The molecule has 2 aromatic rings. The Bertz CT molecular complexity index is 1010. The Morgan fingerprint density at radius 3 is 2.12 bits per heavy atom. The molecule has 0 saturated carbocycles. The van der Waals surface area contributed by atoms with Crippen LogP contribution in [0.3, 0.4) is 0 Å². The molecule has 25 heavy (non-hydrogen) atoms. The van der Waals surface area contributed by atoms with Gasteiger partial charge < -0.3 is 5.32 Å². The largest absolute Gasteiger partial charge is 0.321 e. The molecule has 0 saturated heterocycles. The Balaban J connectivity index is 2.26. The summed E-state index contributed by atoms with van der Waals surface area (Å²) < 4.78 is 46.9. The van der Waals surface area contributed by atoms with Gasteiger partial charge in [-0.1, -0.05) is 28.1 Å². The summed E-state index contributed by atoms with van der Waals surface area (Å²) in [5, 5.41) is 2.57. The van der Waals surface area contributed by atoms with Crippen molar-refractivity contribution in [3.8, 4) is 0 Å². The lowest BCUT2D eigenvalue weighted by Crippen LogP contribution is -2.14. The SMILES string of the molecule is CS(=O)(=O)Cc1ccc(C(=O)Nc2ccc(Br)cc2S(C)(=O)=O)cc1. The number of carbonyl (C=O) groups is 1. The van der Waals surface area contributed by atoms with E-state index in [9.17, 15) is 21.6 Å². The van der Waals surface area contributed by atoms with E-state index in [4.69, 9.17) is 0 Å². The minimum atomic E-state index is -3.52. The minimum Gasteiger partial charge on any atom is -0.321 e. The number of carbonyl (C=O) groups excluding carboxylic acids is 1. The maximum absolute atomic E-state index is 12.3. The molecule has 0 atom stereocenters. The molecule has 0 aliphatic heterocycles. The highest BCUT2D eigenvalue weighted by Crippen LogP contribution is 2.26. The van der Waals surface area contributed by atoms with Crippen molar-refractivity contribution in [2.45, 2.75) is 10.6 Å². The van der Waals surface area contributed by atoms with Gasteiger partial charge in [0.1, 0.15) is 0 Å². The first-order valence-electron chi connectivity index (χ1n) is 7.03. The molecule has 2 rings (SSSR count). The van der Waals surface area contributed by atoms with Crippen LogP contribution in [0.5, 0.6) is 0 Å². The van der Waals surface area contributed by atoms with E-state index in [0.29, 0.717) is 15.6 Å². The first-order chi connectivity index (χ1) is 11.5. The van der Waals surface area contributed by atoms with E-state index in [0.717, 1.165) is 12.5 Å². The Morgan fingerprint density at radius 1 is 1.00 bits per heavy atom. The van der Waals surface area contributed by atoms with E-state index >= 15 is 0 Å². The van der Waals surface area contributed by atoms with Crippen LogP contribution in [0.25, 0.3) is 0 Å². The molecule has 0 spiro atoms. The molecule has 0 aliphatic carbocycles. The summed E-state index contributed by atoms with van der Waals surface area (Å²) in [5.74, 6) is -0.599. The number of sulfone groups is 2. The lowest BCUT2D eigenvalue weighted by molar-refractivity contribution is 0.102. The van der Waals surface area contributed by atoms with Gasteiger partial charge in [-0.25, -0.2) is 16.8 Å². The van der Waals surface area contributed by atoms with Gasteiger partial charge >= 0.3 is 0 Å². The second-order valence-electron chi connectivity index (χ2n) is 5.63. The van der Waals surface area contributed by atoms with Crippen LogP contribution in [-0.2, 0) is 25.4 Å². The van der Waals surface area contributed by atoms with Crippen molar-refractivity contribution in [1.29, 1.82) is 0 Å². The lowest BCUT2D eigenvalue weighted by Gasteiger charge is -2.11. The van der Waals surface area contributed by atoms with Gasteiger partial charge in [0.2, 0.25) is 0 Å². The summed E-state index contributed by atoms with van der Waals surface area (Å²) in [6, 6.07) is 10.6. The van der Waals surface area contributed by atoms with Crippen molar-refractivity contribution in [2.24, 2.45) is 0 Å². The highest BCUT2D eigenvalue weighted by molar-refractivity contribution is 9.10. The average Bonchev–Trinajstić information content (AvgIpc) is 2.47. The smallest absolute Gasteiger partial charge is 0.255 e. The van der Waals surface area contributed by atoms with Crippen LogP contribution in [0.4, 0.5) is 5.69 Å². The van der Waals surface area contributed by atoms with Crippen LogP contribution in [0.2, 0.25) is 0 Å². The zero-order chi connectivity index (χ0) is 18.8. The van der Waals surface area contributed by atoms with Gasteiger partial charge in [-0.3, -0.25) is 4.79 Å². The van der Waals surface area contributed by atoms with E-state index in [1.807, 2.05) is 0 Å². The molecular formula is C16H16BrNO5S2. The van der Waals surface area contributed by atoms with Gasteiger partial charge in [-0.2, -0.15) is 0 Å². The highest BCUT2D eigenvalue weighted by atomic mass is 79.9. The van der Waals surface area contributed by atoms with Gasteiger partial charge in [0.25, 0.3) is 5.91 Å². The zero-order valence-electron chi connectivity index (χ0n) is 13.5. The highest BCUT2D eigenvalue weighted by Gasteiger charge is 2.16. The molecule has 0 heterocycles. The molecule has 1 amide bonds. The van der Waals surface area contributed by atoms with Crippen LogP contribution in [0.15, 0.2) is 51.8 Å². The molecule has 1 N–H and O–H groups in total. The average molecular weight is 446 g/mol. The van der Waals surface area contributed by atoms with E-state index in [2.05, 4.69) is 21.2 Å². The molecule has 0 fully saturated rings. The van der Waals surface area contributed by atoms with Crippen molar-refractivity contribution in [3.63, 3.8) is 0 Å². The second-order valence-corrected chi connectivity index (χ2v) is 10.7. The summed E-state index contributed by atoms with van der Waals surface area (Å²) in [6.07, 6.45) is 2.19. The summed E-state index contributed by atoms with van der Waals surface area (Å²) in [4.78, 5) is 12.3. The summed E-state index contributed by atoms with van der Waals surface area (Å²) in [6.45, 7) is 0. The van der Waals surface area contributed by atoms with Crippen molar-refractivity contribution < 1.29 is 21.6 Å². The summed E-state index contributed by atoms with van der Waals surface area (Å²) in [5.41, 5.74) is 1.04. The number of benzene rings is 2. The quantitative estimate of drug-likeness (QED) is 0.762. The Labute approximate surface area is 155 Å². The minimum absolute atomic E-state index is 0.00363. The third-order valence-electron chi connectivity index (χ3n) is 3.24. The maximum atomic E-state index is 12.3. The molecule has 9 heteroatoms. The van der Waals surface area contributed by atoms with E-state index in [1.165, 1.54) is 24.3 Å². The molecule has 2 aromatic carbocycles. The molecule has 6 nitrogen and oxygen atoms in total. The van der Waals surface area contributed by atoms with E-state index < -0.39 is 25.6 Å². The molecule has 134 valence electrons. The zero-order valence-corrected chi connectivity index (χ0v) is 16.7. The van der Waals surface area contributed by atoms with Crippen molar-refractivity contribution in [3.05, 3.63) is 58.1 Å². The van der Waals surface area contributed by atoms with Gasteiger partial charge in [0.05, 0.1) is 16.3 Å². The van der Waals surface area contributed by atoms with Gasteiger partial charge in [-0.05, 0) is 35.9 Å². The topological polar surface area (TPSA) is 97.4 Å². The predicted octanol–water partition coefficient (Wildman–Crippen LogP) is 2.65. The van der Waals surface area contributed by atoms with Gasteiger partial charge in [-0.15, -0.1) is 0 Å². The lowest BCUT2D eigenvalue weighted by atomic mass is 10.1. The first kappa shape index (κ1) is 19.6. The third kappa shape index (κ3) is 5.65. The van der Waals surface area contributed by atoms with E-state index in [-0.39, 0.29) is 16.3 Å². The Morgan fingerprint density at radius 2 is 1.60 bits per heavy atom. The molecule has 0 aliphatic rings. The first-order valence-corrected chi connectivity index (χ1v) is 11.8. The van der Waals surface area contributed by atoms with Crippen molar-refractivity contribution >= 4 is 47.2 Å². The number of hydrogen-bond donors (Lipinski definition) is 1. The predicted molar refractivity (Wildman–Crippen MR) is 100 cm³/mol. The van der Waals surface area contributed by atoms with Crippen LogP contribution >= 0.6 is 15.9 Å². The third-order valence-corrected chi connectivity index (χ3v) is 5.72. The van der Waals surface area contributed by atoms with Crippen LogP contribution in [0, 0.1) is 0 Å². The summed E-state index contributed by atoms with van der Waals surface area (Å²) >= 11 is 3.21. The van der Waals surface area contributed by atoms with Crippen molar-refractivity contribution in [2.75, 3.05) is 17.8 Å². The van der Waals surface area contributed by atoms with Crippen LogP contribution < -0.4 is 5.32 Å². The summed E-state index contributed by atoms with van der Waals surface area (Å²) in [7, 11) is -6.68. The molecule has 0 aromatic heterocycles. The monoisotopic (exact) mass is 445 g/mol. The fraction of sp³-hybridized carbons (Fsp3) is 0.188. The number of hydrogen-bond acceptors (Lipinski definition) is 5. The fourth-order valence-corrected chi connectivity index (χ4v) is 4.33. The maximum Gasteiger partial charge on any atom is 0.255 e. The Kier molecular flexibility index (Phi) is 5.70. The normalized spacial score (nSPS) is 12.0. The number of nitrogens with one attached hydrogen (secondary N) is 1. The van der Waals surface area contributed by atoms with Crippen molar-refractivity contribution in [1.82, 2.24) is 0 Å². The van der Waals surface area contributed by atoms with Crippen LogP contribution in [-0.4, -0.2) is 35.3 Å². The standard InChI is InChI=1S/C16H16BrNO5S2/c1-24(20,21)10-11-3-5-12(6-4-11)16(19)18-14-8-7-13(17)9-15(14)25(2,22)23/h3-9H,10H2,1-2H3,(H,18,19). The van der Waals surface area contributed by atoms with Crippen LogP contribution in [0.1, 0.15) is 15.9 Å². The number of amides is 1.